The molecule has 20 heavy (non-hydrogen) atoms. The molecule has 0 bridgehead atoms. The minimum absolute atomic E-state index is 0.287. The van der Waals surface area contributed by atoms with Gasteiger partial charge >= 0.3 is 0 Å². The Morgan fingerprint density at radius 1 is 1.40 bits per heavy atom. The topological polar surface area (TPSA) is 101 Å². The maximum atomic E-state index is 12.1. The van der Waals surface area contributed by atoms with E-state index >= 15 is 0 Å². The molecule has 0 amide bonds. The molecular weight excluding hydrogens is 282 g/mol. The first-order valence-corrected chi connectivity index (χ1v) is 7.94. The van der Waals surface area contributed by atoms with Crippen molar-refractivity contribution in [1.82, 2.24) is 4.72 Å². The van der Waals surface area contributed by atoms with Crippen LogP contribution < -0.4 is 10.0 Å². The second-order valence-corrected chi connectivity index (χ2v) is 6.50. The summed E-state index contributed by atoms with van der Waals surface area (Å²) < 4.78 is 26.7. The minimum Gasteiger partial charge on any atom is -0.385 e. The van der Waals surface area contributed by atoms with Gasteiger partial charge in [-0.25, -0.2) is 13.1 Å². The molecule has 0 radical (unpaired) electrons. The molecule has 1 aromatic rings. The Bertz CT molecular complexity index is 611. The van der Waals surface area contributed by atoms with Crippen molar-refractivity contribution in [3.8, 4) is 0 Å². The second-order valence-electron chi connectivity index (χ2n) is 4.77. The summed E-state index contributed by atoms with van der Waals surface area (Å²) in [6.45, 7) is 2.80. The van der Waals surface area contributed by atoms with Crippen LogP contribution in [0.4, 0.5) is 11.4 Å². The first-order chi connectivity index (χ1) is 9.44. The molecule has 0 saturated heterocycles. The molecule has 0 unspecified atom stereocenters. The highest BCUT2D eigenvalue weighted by Gasteiger charge is 2.29. The minimum atomic E-state index is -3.84. The number of benzene rings is 1. The van der Waals surface area contributed by atoms with Gasteiger partial charge in [0.2, 0.25) is 10.0 Å². The third kappa shape index (κ3) is 3.45. The van der Waals surface area contributed by atoms with Crippen molar-refractivity contribution in [2.24, 2.45) is 5.92 Å². The van der Waals surface area contributed by atoms with E-state index in [9.17, 15) is 18.5 Å². The Morgan fingerprint density at radius 3 is 2.65 bits per heavy atom. The predicted octanol–water partition coefficient (Wildman–Crippen LogP) is 1.71. The highest BCUT2D eigenvalue weighted by Crippen LogP contribution is 2.30. The Morgan fingerprint density at radius 2 is 2.10 bits per heavy atom. The summed E-state index contributed by atoms with van der Waals surface area (Å²) in [6, 6.07) is 4.04. The summed E-state index contributed by atoms with van der Waals surface area (Å²) in [5.74, 6) is 0.366. The zero-order valence-electron chi connectivity index (χ0n) is 11.1. The normalized spacial score (nSPS) is 15.1. The third-order valence-corrected chi connectivity index (χ3v) is 4.56. The monoisotopic (exact) mass is 299 g/mol. The number of nitro groups is 1. The van der Waals surface area contributed by atoms with Gasteiger partial charge in [0.05, 0.1) is 4.92 Å². The smallest absolute Gasteiger partial charge is 0.291 e. The molecule has 0 heterocycles. The number of anilines is 1. The van der Waals surface area contributed by atoms with Crippen molar-refractivity contribution in [3.63, 3.8) is 0 Å². The first-order valence-electron chi connectivity index (χ1n) is 6.46. The van der Waals surface area contributed by atoms with Gasteiger partial charge in [0.15, 0.2) is 4.90 Å². The fraction of sp³-hybridized carbons (Fsp3) is 0.500. The largest absolute Gasteiger partial charge is 0.385 e. The van der Waals surface area contributed by atoms with Crippen molar-refractivity contribution in [2.45, 2.75) is 24.7 Å². The van der Waals surface area contributed by atoms with Crippen LogP contribution in [-0.4, -0.2) is 26.4 Å². The van der Waals surface area contributed by atoms with Gasteiger partial charge in [0.1, 0.15) is 0 Å². The molecule has 2 N–H and O–H groups in total. The Kier molecular flexibility index (Phi) is 4.24. The number of hydrogen-bond acceptors (Lipinski definition) is 5. The lowest BCUT2D eigenvalue weighted by molar-refractivity contribution is -0.387. The summed E-state index contributed by atoms with van der Waals surface area (Å²) in [5, 5.41) is 14.0. The summed E-state index contributed by atoms with van der Waals surface area (Å²) in [4.78, 5) is 10.1. The molecular formula is C12H17N3O4S. The lowest BCUT2D eigenvalue weighted by Gasteiger charge is -2.09. The van der Waals surface area contributed by atoms with E-state index in [1.165, 1.54) is 18.2 Å². The average molecular weight is 299 g/mol. The molecule has 1 aliphatic carbocycles. The van der Waals surface area contributed by atoms with E-state index in [0.29, 0.717) is 24.7 Å². The van der Waals surface area contributed by atoms with E-state index in [4.69, 9.17) is 0 Å². The van der Waals surface area contributed by atoms with Gasteiger partial charge in [0, 0.05) is 24.8 Å². The molecule has 0 spiro atoms. The van der Waals surface area contributed by atoms with Crippen LogP contribution in [0.2, 0.25) is 0 Å². The second kappa shape index (κ2) is 5.76. The number of rotatable bonds is 7. The standard InChI is InChI=1S/C12H17N3O4S/c1-2-13-10-5-6-12(11(7-10)15(16)17)20(18,19)14-8-9-3-4-9/h5-7,9,13-14H,2-4,8H2,1H3. The zero-order valence-corrected chi connectivity index (χ0v) is 11.9. The molecule has 110 valence electrons. The van der Waals surface area contributed by atoms with E-state index in [-0.39, 0.29) is 4.90 Å². The molecule has 0 aromatic heterocycles. The summed E-state index contributed by atoms with van der Waals surface area (Å²) >= 11 is 0. The highest BCUT2D eigenvalue weighted by molar-refractivity contribution is 7.89. The van der Waals surface area contributed by atoms with Crippen LogP contribution in [0, 0.1) is 16.0 Å². The number of nitrogens with one attached hydrogen (secondary N) is 2. The Hall–Kier alpha value is -1.67. The van der Waals surface area contributed by atoms with Crippen LogP contribution >= 0.6 is 0 Å². The van der Waals surface area contributed by atoms with Crippen molar-refractivity contribution < 1.29 is 13.3 Å². The van der Waals surface area contributed by atoms with Gasteiger partial charge < -0.3 is 5.32 Å². The van der Waals surface area contributed by atoms with Gasteiger partial charge in [-0.15, -0.1) is 0 Å². The molecule has 1 aromatic carbocycles. The van der Waals surface area contributed by atoms with Crippen molar-refractivity contribution in [2.75, 3.05) is 18.4 Å². The van der Waals surface area contributed by atoms with Gasteiger partial charge in [-0.1, -0.05) is 0 Å². The van der Waals surface area contributed by atoms with Crippen LogP contribution in [0.1, 0.15) is 19.8 Å². The maximum absolute atomic E-state index is 12.1. The molecule has 2 rings (SSSR count). The van der Waals surface area contributed by atoms with Gasteiger partial charge in [-0.3, -0.25) is 10.1 Å². The third-order valence-electron chi connectivity index (χ3n) is 3.09. The average Bonchev–Trinajstić information content (AvgIpc) is 3.20. The lowest BCUT2D eigenvalue weighted by atomic mass is 10.3. The molecule has 0 atom stereocenters. The summed E-state index contributed by atoms with van der Waals surface area (Å²) in [5.41, 5.74) is 0.118. The zero-order chi connectivity index (χ0) is 14.8. The summed E-state index contributed by atoms with van der Waals surface area (Å²) in [6.07, 6.45) is 2.01. The van der Waals surface area contributed by atoms with E-state index in [2.05, 4.69) is 10.0 Å². The van der Waals surface area contributed by atoms with Crippen LogP contribution in [0.5, 0.6) is 0 Å². The fourth-order valence-corrected chi connectivity index (χ4v) is 3.10. The van der Waals surface area contributed by atoms with E-state index in [1.54, 1.807) is 0 Å². The van der Waals surface area contributed by atoms with Crippen molar-refractivity contribution in [1.29, 1.82) is 0 Å². The molecule has 8 heteroatoms. The quantitative estimate of drug-likeness (QED) is 0.589. The molecule has 7 nitrogen and oxygen atoms in total. The Balaban J connectivity index is 2.30. The SMILES string of the molecule is CCNc1ccc(S(=O)(=O)NCC2CC2)c([N+](=O)[O-])c1. The number of sulfonamides is 1. The number of hydrogen-bond donors (Lipinski definition) is 2. The van der Waals surface area contributed by atoms with Crippen LogP contribution in [0.25, 0.3) is 0 Å². The Labute approximate surface area is 117 Å². The highest BCUT2D eigenvalue weighted by atomic mass is 32.2. The van der Waals surface area contributed by atoms with Crippen LogP contribution in [0.15, 0.2) is 23.1 Å². The molecule has 1 aliphatic rings. The van der Waals surface area contributed by atoms with Gasteiger partial charge in [-0.05, 0) is 37.8 Å². The van der Waals surface area contributed by atoms with Crippen molar-refractivity contribution >= 4 is 21.4 Å². The number of nitrogens with zero attached hydrogens (tertiary/aromatic N) is 1. The van der Waals surface area contributed by atoms with Crippen LogP contribution in [-0.2, 0) is 10.0 Å². The first kappa shape index (κ1) is 14.7. The van der Waals surface area contributed by atoms with E-state index in [1.807, 2.05) is 6.92 Å². The van der Waals surface area contributed by atoms with E-state index in [0.717, 1.165) is 12.8 Å². The molecule has 1 fully saturated rings. The fourth-order valence-electron chi connectivity index (χ4n) is 1.83. The maximum Gasteiger partial charge on any atom is 0.291 e. The van der Waals surface area contributed by atoms with Gasteiger partial charge in [-0.2, -0.15) is 0 Å². The van der Waals surface area contributed by atoms with Crippen molar-refractivity contribution in [3.05, 3.63) is 28.3 Å². The number of nitro benzene ring substituents is 1. The molecule has 0 aliphatic heterocycles. The molecule has 1 saturated carbocycles. The van der Waals surface area contributed by atoms with Crippen LogP contribution in [0.3, 0.4) is 0 Å². The lowest BCUT2D eigenvalue weighted by Crippen LogP contribution is -2.26. The van der Waals surface area contributed by atoms with E-state index < -0.39 is 20.6 Å². The van der Waals surface area contributed by atoms with Gasteiger partial charge in [0.25, 0.3) is 5.69 Å². The summed E-state index contributed by atoms with van der Waals surface area (Å²) in [7, 11) is -3.84. The predicted molar refractivity (Wildman–Crippen MR) is 75.2 cm³/mol.